The molecule has 2 rings (SSSR count). The van der Waals surface area contributed by atoms with Crippen LogP contribution in [0.2, 0.25) is 0 Å². The first-order valence-corrected chi connectivity index (χ1v) is 5.17. The van der Waals surface area contributed by atoms with Crippen LogP contribution >= 0.6 is 0 Å². The van der Waals surface area contributed by atoms with Gasteiger partial charge >= 0.3 is 0 Å². The summed E-state index contributed by atoms with van der Waals surface area (Å²) in [6, 6.07) is 0. The van der Waals surface area contributed by atoms with Crippen LogP contribution < -0.4 is 0 Å². The van der Waals surface area contributed by atoms with Gasteiger partial charge in [0.25, 0.3) is 0 Å². The Morgan fingerprint density at radius 2 is 2.00 bits per heavy atom. The fourth-order valence-electron chi connectivity index (χ4n) is 2.13. The van der Waals surface area contributed by atoms with E-state index in [1.54, 1.807) is 11.8 Å². The van der Waals surface area contributed by atoms with Crippen molar-refractivity contribution < 1.29 is 14.6 Å². The molecule has 0 radical (unpaired) electrons. The molecule has 0 aromatic carbocycles. The molecule has 0 aliphatic carbocycles. The van der Waals surface area contributed by atoms with Crippen LogP contribution in [0.1, 0.15) is 19.8 Å². The normalized spacial score (nSPS) is 27.1. The molecule has 0 spiro atoms. The molecule has 0 atom stereocenters. The quantitative estimate of drug-likeness (QED) is 0.647. The van der Waals surface area contributed by atoms with Crippen LogP contribution in [0, 0.1) is 5.92 Å². The number of aliphatic hydroxyl groups is 1. The number of hydrogen-bond donors (Lipinski definition) is 1. The molecule has 4 nitrogen and oxygen atoms in total. The molecular weight excluding hydrogens is 182 g/mol. The van der Waals surface area contributed by atoms with Crippen LogP contribution in [0.3, 0.4) is 0 Å². The van der Waals surface area contributed by atoms with Gasteiger partial charge in [-0.05, 0) is 19.8 Å². The van der Waals surface area contributed by atoms with Gasteiger partial charge in [-0.25, -0.2) is 0 Å². The molecule has 2 saturated heterocycles. The van der Waals surface area contributed by atoms with Crippen molar-refractivity contribution >= 4 is 5.91 Å². The Morgan fingerprint density at radius 3 is 2.50 bits per heavy atom. The lowest BCUT2D eigenvalue weighted by Gasteiger charge is -2.45. The van der Waals surface area contributed by atoms with E-state index in [0.29, 0.717) is 26.3 Å². The molecular formula is C10H17NO3. The number of ether oxygens (including phenoxy) is 1. The summed E-state index contributed by atoms with van der Waals surface area (Å²) in [5, 5.41) is 9.51. The maximum Gasteiger partial charge on any atom is 0.226 e. The Morgan fingerprint density at radius 1 is 1.43 bits per heavy atom. The molecule has 0 aromatic heterocycles. The van der Waals surface area contributed by atoms with Crippen molar-refractivity contribution in [1.82, 2.24) is 4.90 Å². The fraction of sp³-hybridized carbons (Fsp3) is 0.900. The van der Waals surface area contributed by atoms with Gasteiger partial charge in [0.15, 0.2) is 0 Å². The van der Waals surface area contributed by atoms with Gasteiger partial charge in [0.2, 0.25) is 5.91 Å². The molecule has 2 aliphatic heterocycles. The summed E-state index contributed by atoms with van der Waals surface area (Å²) in [6.07, 6.45) is 1.66. The van der Waals surface area contributed by atoms with Crippen molar-refractivity contribution in [3.05, 3.63) is 0 Å². The highest BCUT2D eigenvalue weighted by atomic mass is 16.5. The molecule has 1 N–H and O–H groups in total. The molecule has 14 heavy (non-hydrogen) atoms. The number of nitrogens with zero attached hydrogens (tertiary/aromatic N) is 1. The molecule has 0 aromatic rings. The topological polar surface area (TPSA) is 49.8 Å². The average molecular weight is 199 g/mol. The molecule has 80 valence electrons. The zero-order valence-electron chi connectivity index (χ0n) is 8.53. The number of β-amino-alcohol motifs (C(OH)–C–C–N with tert-alkyl or cyclic N) is 1. The van der Waals surface area contributed by atoms with Crippen LogP contribution in [0.15, 0.2) is 0 Å². The summed E-state index contributed by atoms with van der Waals surface area (Å²) in [6.45, 7) is 4.13. The lowest BCUT2D eigenvalue weighted by Crippen LogP contribution is -2.63. The van der Waals surface area contributed by atoms with E-state index in [1.807, 2.05) is 0 Å². The van der Waals surface area contributed by atoms with E-state index in [1.165, 1.54) is 0 Å². The Labute approximate surface area is 83.8 Å². The van der Waals surface area contributed by atoms with E-state index < -0.39 is 5.60 Å². The van der Waals surface area contributed by atoms with E-state index in [2.05, 4.69) is 0 Å². The van der Waals surface area contributed by atoms with Gasteiger partial charge in [-0.15, -0.1) is 0 Å². The van der Waals surface area contributed by atoms with E-state index in [9.17, 15) is 9.90 Å². The molecule has 0 unspecified atom stereocenters. The Kier molecular flexibility index (Phi) is 2.49. The molecule has 2 aliphatic rings. The molecule has 4 heteroatoms. The highest BCUT2D eigenvalue weighted by molar-refractivity contribution is 5.80. The van der Waals surface area contributed by atoms with Gasteiger partial charge in [0.05, 0.1) is 18.7 Å². The first kappa shape index (κ1) is 9.93. The van der Waals surface area contributed by atoms with Crippen LogP contribution in [0.4, 0.5) is 0 Å². The maximum atomic E-state index is 11.8. The second-order valence-corrected chi connectivity index (χ2v) is 4.58. The van der Waals surface area contributed by atoms with Gasteiger partial charge in [0, 0.05) is 19.1 Å². The molecule has 0 saturated carbocycles. The van der Waals surface area contributed by atoms with Crippen molar-refractivity contribution in [1.29, 1.82) is 0 Å². The monoisotopic (exact) mass is 199 g/mol. The van der Waals surface area contributed by atoms with Crippen molar-refractivity contribution in [3.8, 4) is 0 Å². The second-order valence-electron chi connectivity index (χ2n) is 4.58. The predicted molar refractivity (Wildman–Crippen MR) is 50.7 cm³/mol. The van der Waals surface area contributed by atoms with E-state index in [-0.39, 0.29) is 11.8 Å². The van der Waals surface area contributed by atoms with E-state index in [4.69, 9.17) is 4.74 Å². The van der Waals surface area contributed by atoms with E-state index in [0.717, 1.165) is 12.8 Å². The summed E-state index contributed by atoms with van der Waals surface area (Å²) in [7, 11) is 0. The first-order valence-electron chi connectivity index (χ1n) is 5.17. The molecule has 2 fully saturated rings. The Bertz CT molecular complexity index is 226. The van der Waals surface area contributed by atoms with Crippen molar-refractivity contribution in [2.75, 3.05) is 26.3 Å². The Hall–Kier alpha value is -0.610. The van der Waals surface area contributed by atoms with Crippen molar-refractivity contribution in [2.24, 2.45) is 5.92 Å². The smallest absolute Gasteiger partial charge is 0.226 e. The van der Waals surface area contributed by atoms with Crippen LogP contribution in [-0.2, 0) is 9.53 Å². The van der Waals surface area contributed by atoms with Gasteiger partial charge in [-0.3, -0.25) is 4.79 Å². The number of carbonyl (C=O) groups excluding carboxylic acids is 1. The highest BCUT2D eigenvalue weighted by Crippen LogP contribution is 2.25. The lowest BCUT2D eigenvalue weighted by atomic mass is 9.92. The largest absolute Gasteiger partial charge is 0.386 e. The Balaban J connectivity index is 1.84. The second kappa shape index (κ2) is 3.51. The maximum absolute atomic E-state index is 11.8. The third-order valence-electron chi connectivity index (χ3n) is 2.95. The van der Waals surface area contributed by atoms with Crippen molar-refractivity contribution in [3.63, 3.8) is 0 Å². The lowest BCUT2D eigenvalue weighted by molar-refractivity contribution is -0.159. The van der Waals surface area contributed by atoms with Crippen LogP contribution in [0.5, 0.6) is 0 Å². The van der Waals surface area contributed by atoms with Crippen molar-refractivity contribution in [2.45, 2.75) is 25.4 Å². The zero-order valence-corrected chi connectivity index (χ0v) is 8.53. The predicted octanol–water partition coefficient (Wildman–Crippen LogP) is 0.00620. The first-order chi connectivity index (χ1) is 6.58. The van der Waals surface area contributed by atoms with Gasteiger partial charge < -0.3 is 14.7 Å². The van der Waals surface area contributed by atoms with Gasteiger partial charge in [-0.1, -0.05) is 0 Å². The van der Waals surface area contributed by atoms with Crippen LogP contribution in [-0.4, -0.2) is 47.8 Å². The molecule has 1 amide bonds. The van der Waals surface area contributed by atoms with E-state index >= 15 is 0 Å². The fourth-order valence-corrected chi connectivity index (χ4v) is 2.13. The van der Waals surface area contributed by atoms with Gasteiger partial charge in [-0.2, -0.15) is 0 Å². The number of carbonyl (C=O) groups is 1. The number of hydrogen-bond acceptors (Lipinski definition) is 3. The zero-order chi connectivity index (χ0) is 10.2. The number of likely N-dealkylation sites (tertiary alicyclic amines) is 1. The van der Waals surface area contributed by atoms with Gasteiger partial charge in [0.1, 0.15) is 0 Å². The summed E-state index contributed by atoms with van der Waals surface area (Å²) in [5.74, 6) is 0.319. The minimum atomic E-state index is -0.652. The average Bonchev–Trinajstić information content (AvgIpc) is 2.14. The SMILES string of the molecule is CC1(O)CN(C(=O)C2CCOCC2)C1. The summed E-state index contributed by atoms with van der Waals surface area (Å²) < 4.78 is 5.20. The molecule has 0 bridgehead atoms. The van der Waals surface area contributed by atoms with Crippen LogP contribution in [0.25, 0.3) is 0 Å². The summed E-state index contributed by atoms with van der Waals surface area (Å²) in [5.41, 5.74) is -0.652. The number of rotatable bonds is 1. The summed E-state index contributed by atoms with van der Waals surface area (Å²) >= 11 is 0. The highest BCUT2D eigenvalue weighted by Gasteiger charge is 2.41. The standard InChI is InChI=1S/C10H17NO3/c1-10(13)6-11(7-10)9(12)8-2-4-14-5-3-8/h8,13H,2-7H2,1H3. The third-order valence-corrected chi connectivity index (χ3v) is 2.95. The summed E-state index contributed by atoms with van der Waals surface area (Å²) in [4.78, 5) is 13.6. The third kappa shape index (κ3) is 1.91. The molecule has 2 heterocycles. The minimum absolute atomic E-state index is 0.125. The minimum Gasteiger partial charge on any atom is -0.386 e. The number of amides is 1.